The fourth-order valence-corrected chi connectivity index (χ4v) is 4.69. The lowest BCUT2D eigenvalue weighted by Gasteiger charge is -2.28. The Bertz CT molecular complexity index is 816. The number of carbonyl (C=O) groups excluding carboxylic acids is 2. The summed E-state index contributed by atoms with van der Waals surface area (Å²) < 4.78 is 10.6. The van der Waals surface area contributed by atoms with Gasteiger partial charge in [0, 0.05) is 11.7 Å². The summed E-state index contributed by atoms with van der Waals surface area (Å²) >= 11 is 0. The monoisotopic (exact) mass is 382 g/mol. The fraction of sp³-hybridized carbons (Fsp3) is 0.455. The summed E-state index contributed by atoms with van der Waals surface area (Å²) in [7, 11) is 0. The van der Waals surface area contributed by atoms with E-state index in [1.54, 1.807) is 36.4 Å². The second-order valence-electron chi connectivity index (χ2n) is 7.94. The van der Waals surface area contributed by atoms with Crippen molar-refractivity contribution in [3.63, 3.8) is 0 Å². The first-order chi connectivity index (χ1) is 13.6. The third kappa shape index (κ3) is 4.21. The SMILES string of the molecule is C[C@H](NC(=O)COc1ccc(NC(=O)c2ccco2)cc1)[C@@H]1C[C@H]2CC[C@H]1C2. The topological polar surface area (TPSA) is 80.6 Å². The molecule has 2 aromatic rings. The van der Waals surface area contributed by atoms with E-state index >= 15 is 0 Å². The molecule has 1 aromatic heterocycles. The van der Waals surface area contributed by atoms with E-state index in [9.17, 15) is 9.59 Å². The molecule has 2 aliphatic rings. The molecule has 4 rings (SSSR count). The number of rotatable bonds is 7. The number of benzene rings is 1. The Hall–Kier alpha value is -2.76. The van der Waals surface area contributed by atoms with Gasteiger partial charge >= 0.3 is 0 Å². The van der Waals surface area contributed by atoms with Crippen molar-refractivity contribution >= 4 is 17.5 Å². The lowest BCUT2D eigenvalue weighted by atomic mass is 9.84. The van der Waals surface area contributed by atoms with Gasteiger partial charge < -0.3 is 19.8 Å². The highest BCUT2D eigenvalue weighted by Gasteiger charge is 2.42. The number of fused-ring (bicyclic) bond motifs is 2. The molecule has 2 N–H and O–H groups in total. The van der Waals surface area contributed by atoms with Crippen molar-refractivity contribution in [3.05, 3.63) is 48.4 Å². The third-order valence-corrected chi connectivity index (χ3v) is 6.05. The molecule has 0 saturated heterocycles. The van der Waals surface area contributed by atoms with Gasteiger partial charge in [0.25, 0.3) is 11.8 Å². The molecule has 6 heteroatoms. The number of ether oxygens (including phenoxy) is 1. The van der Waals surface area contributed by atoms with Crippen LogP contribution in [0, 0.1) is 17.8 Å². The van der Waals surface area contributed by atoms with Crippen molar-refractivity contribution in [1.29, 1.82) is 0 Å². The van der Waals surface area contributed by atoms with Gasteiger partial charge in [-0.05, 0) is 80.3 Å². The van der Waals surface area contributed by atoms with Gasteiger partial charge in [-0.3, -0.25) is 9.59 Å². The van der Waals surface area contributed by atoms with E-state index in [0.717, 1.165) is 11.8 Å². The molecule has 2 bridgehead atoms. The molecule has 28 heavy (non-hydrogen) atoms. The van der Waals surface area contributed by atoms with Crippen LogP contribution < -0.4 is 15.4 Å². The van der Waals surface area contributed by atoms with E-state index in [0.29, 0.717) is 17.4 Å². The Kier molecular flexibility index (Phi) is 5.37. The Morgan fingerprint density at radius 3 is 2.64 bits per heavy atom. The smallest absolute Gasteiger partial charge is 0.291 e. The van der Waals surface area contributed by atoms with Crippen LogP contribution in [0.4, 0.5) is 5.69 Å². The van der Waals surface area contributed by atoms with Gasteiger partial charge in [0.15, 0.2) is 12.4 Å². The van der Waals surface area contributed by atoms with Crippen molar-refractivity contribution in [1.82, 2.24) is 5.32 Å². The average molecular weight is 382 g/mol. The summed E-state index contributed by atoms with van der Waals surface area (Å²) in [5.41, 5.74) is 0.628. The first-order valence-corrected chi connectivity index (χ1v) is 9.95. The molecule has 4 atom stereocenters. The van der Waals surface area contributed by atoms with Crippen molar-refractivity contribution in [2.45, 2.75) is 38.6 Å². The number of carbonyl (C=O) groups is 2. The molecule has 148 valence electrons. The van der Waals surface area contributed by atoms with Gasteiger partial charge in [-0.25, -0.2) is 0 Å². The molecule has 2 fully saturated rings. The van der Waals surface area contributed by atoms with Crippen LogP contribution in [0.25, 0.3) is 0 Å². The standard InChI is InChI=1S/C22H26N2O4/c1-14(19-12-15-4-5-16(19)11-15)23-21(25)13-28-18-8-6-17(7-9-18)24-22(26)20-3-2-10-27-20/h2-3,6-10,14-16,19H,4-5,11-13H2,1H3,(H,23,25)(H,24,26)/t14-,15-,16-,19-/m0/s1. The van der Waals surface area contributed by atoms with Crippen LogP contribution in [-0.4, -0.2) is 24.5 Å². The van der Waals surface area contributed by atoms with Crippen molar-refractivity contribution in [2.24, 2.45) is 17.8 Å². The normalized spacial score (nSPS) is 24.0. The van der Waals surface area contributed by atoms with Crippen LogP contribution in [0.2, 0.25) is 0 Å². The van der Waals surface area contributed by atoms with E-state index < -0.39 is 0 Å². The van der Waals surface area contributed by atoms with Gasteiger partial charge in [0.2, 0.25) is 0 Å². The molecule has 1 aromatic carbocycles. The number of anilines is 1. The van der Waals surface area contributed by atoms with Crippen molar-refractivity contribution < 1.29 is 18.7 Å². The van der Waals surface area contributed by atoms with Crippen molar-refractivity contribution in [2.75, 3.05) is 11.9 Å². The lowest BCUT2D eigenvalue weighted by Crippen LogP contribution is -2.42. The molecule has 6 nitrogen and oxygen atoms in total. The van der Waals surface area contributed by atoms with Gasteiger partial charge in [-0.2, -0.15) is 0 Å². The molecule has 0 radical (unpaired) electrons. The van der Waals surface area contributed by atoms with Gasteiger partial charge in [-0.15, -0.1) is 0 Å². The maximum Gasteiger partial charge on any atom is 0.291 e. The summed E-state index contributed by atoms with van der Waals surface area (Å²) in [6, 6.07) is 10.4. The summed E-state index contributed by atoms with van der Waals surface area (Å²) in [5.74, 6) is 2.70. The molecule has 1 heterocycles. The van der Waals surface area contributed by atoms with Crippen LogP contribution in [0.3, 0.4) is 0 Å². The number of hydrogen-bond donors (Lipinski definition) is 2. The summed E-state index contributed by atoms with van der Waals surface area (Å²) in [6.07, 6.45) is 6.72. The number of nitrogens with one attached hydrogen (secondary N) is 2. The molecule has 0 aliphatic heterocycles. The van der Waals surface area contributed by atoms with Crippen LogP contribution in [0.1, 0.15) is 43.2 Å². The van der Waals surface area contributed by atoms with Crippen LogP contribution in [0.5, 0.6) is 5.75 Å². The van der Waals surface area contributed by atoms with Crippen LogP contribution in [0.15, 0.2) is 47.1 Å². The average Bonchev–Trinajstić information content (AvgIpc) is 3.45. The second kappa shape index (κ2) is 8.09. The summed E-state index contributed by atoms with van der Waals surface area (Å²) in [6.45, 7) is 2.10. The predicted octanol–water partition coefficient (Wildman–Crippen LogP) is 3.85. The molecule has 0 spiro atoms. The first kappa shape index (κ1) is 18.6. The molecular formula is C22H26N2O4. The van der Waals surface area contributed by atoms with E-state index in [1.165, 1.54) is 31.9 Å². The summed E-state index contributed by atoms with van der Waals surface area (Å²) in [5, 5.41) is 5.84. The van der Waals surface area contributed by atoms with Crippen LogP contribution in [-0.2, 0) is 4.79 Å². The first-order valence-electron chi connectivity index (χ1n) is 9.95. The van der Waals surface area contributed by atoms with Gasteiger partial charge in [-0.1, -0.05) is 6.42 Å². The minimum Gasteiger partial charge on any atom is -0.484 e. The molecule has 0 unspecified atom stereocenters. The molecule has 2 amide bonds. The Labute approximate surface area is 164 Å². The van der Waals surface area contributed by atoms with E-state index in [1.807, 2.05) is 0 Å². The van der Waals surface area contributed by atoms with E-state index in [4.69, 9.17) is 9.15 Å². The Morgan fingerprint density at radius 1 is 1.18 bits per heavy atom. The molecule has 2 aliphatic carbocycles. The Morgan fingerprint density at radius 2 is 2.00 bits per heavy atom. The second-order valence-corrected chi connectivity index (χ2v) is 7.94. The van der Waals surface area contributed by atoms with Gasteiger partial charge in [0.1, 0.15) is 5.75 Å². The number of hydrogen-bond acceptors (Lipinski definition) is 4. The number of amides is 2. The van der Waals surface area contributed by atoms with E-state index in [-0.39, 0.29) is 30.2 Å². The zero-order valence-corrected chi connectivity index (χ0v) is 16.0. The maximum atomic E-state index is 12.2. The van der Waals surface area contributed by atoms with E-state index in [2.05, 4.69) is 17.6 Å². The lowest BCUT2D eigenvalue weighted by molar-refractivity contribution is -0.124. The number of furan rings is 1. The van der Waals surface area contributed by atoms with Gasteiger partial charge in [0.05, 0.1) is 6.26 Å². The van der Waals surface area contributed by atoms with Crippen molar-refractivity contribution in [3.8, 4) is 5.75 Å². The zero-order chi connectivity index (χ0) is 19.5. The third-order valence-electron chi connectivity index (χ3n) is 6.05. The zero-order valence-electron chi connectivity index (χ0n) is 16.0. The fourth-order valence-electron chi connectivity index (χ4n) is 4.69. The maximum absolute atomic E-state index is 12.2. The highest BCUT2D eigenvalue weighted by Crippen LogP contribution is 2.49. The largest absolute Gasteiger partial charge is 0.484 e. The van der Waals surface area contributed by atoms with Crippen LogP contribution >= 0.6 is 0 Å². The molecule has 2 saturated carbocycles. The minimum atomic E-state index is -0.312. The predicted molar refractivity (Wildman–Crippen MR) is 105 cm³/mol. The highest BCUT2D eigenvalue weighted by molar-refractivity contribution is 6.02. The highest BCUT2D eigenvalue weighted by atomic mass is 16.5. The Balaban J connectivity index is 1.22. The molecular weight excluding hydrogens is 356 g/mol. The summed E-state index contributed by atoms with van der Waals surface area (Å²) in [4.78, 5) is 24.2. The quantitative estimate of drug-likeness (QED) is 0.762. The minimum absolute atomic E-state index is 0.0107.